The van der Waals surface area contributed by atoms with Gasteiger partial charge in [0.2, 0.25) is 0 Å². The Balaban J connectivity index is 2.14. The molecule has 0 spiro atoms. The number of carbonyl (C=O) groups is 1. The summed E-state index contributed by atoms with van der Waals surface area (Å²) in [6.07, 6.45) is 1.32. The van der Waals surface area contributed by atoms with Gasteiger partial charge in [-0.05, 0) is 30.0 Å². The molecule has 1 N–H and O–H groups in total. The first-order chi connectivity index (χ1) is 6.75. The standard InChI is InChI=1S/C11H12O3/c12-10-3-1-8(2-4-10)9-5-6-14-11(13)7-9/h1-4,9,12H,5-7H2. The van der Waals surface area contributed by atoms with Crippen LogP contribution in [0, 0.1) is 0 Å². The lowest BCUT2D eigenvalue weighted by Crippen LogP contribution is -2.19. The van der Waals surface area contributed by atoms with Crippen LogP contribution >= 0.6 is 0 Å². The second-order valence-corrected chi connectivity index (χ2v) is 3.50. The molecule has 1 aromatic rings. The van der Waals surface area contributed by atoms with E-state index in [0.717, 1.165) is 12.0 Å². The molecule has 1 aliphatic rings. The van der Waals surface area contributed by atoms with Crippen molar-refractivity contribution in [2.75, 3.05) is 6.61 Å². The zero-order chi connectivity index (χ0) is 9.97. The summed E-state index contributed by atoms with van der Waals surface area (Å²) in [6, 6.07) is 7.02. The fraction of sp³-hybridized carbons (Fsp3) is 0.364. The molecule has 3 nitrogen and oxygen atoms in total. The summed E-state index contributed by atoms with van der Waals surface area (Å²) in [6.45, 7) is 0.504. The molecule has 1 fully saturated rings. The van der Waals surface area contributed by atoms with Gasteiger partial charge in [0.05, 0.1) is 13.0 Å². The van der Waals surface area contributed by atoms with Gasteiger partial charge < -0.3 is 9.84 Å². The Morgan fingerprint density at radius 1 is 1.29 bits per heavy atom. The van der Waals surface area contributed by atoms with E-state index < -0.39 is 0 Å². The molecule has 0 aliphatic carbocycles. The molecule has 0 saturated carbocycles. The molecular formula is C11H12O3. The molecule has 1 saturated heterocycles. The molecule has 1 unspecified atom stereocenters. The summed E-state index contributed by atoms with van der Waals surface area (Å²) >= 11 is 0. The first-order valence-electron chi connectivity index (χ1n) is 4.70. The number of rotatable bonds is 1. The highest BCUT2D eigenvalue weighted by Gasteiger charge is 2.21. The molecule has 1 aliphatic heterocycles. The minimum Gasteiger partial charge on any atom is -0.508 e. The summed E-state index contributed by atoms with van der Waals surface area (Å²) in [7, 11) is 0. The first kappa shape index (κ1) is 9.06. The van der Waals surface area contributed by atoms with Crippen molar-refractivity contribution in [3.63, 3.8) is 0 Å². The number of cyclic esters (lactones) is 1. The number of hydrogen-bond donors (Lipinski definition) is 1. The van der Waals surface area contributed by atoms with Crippen molar-refractivity contribution in [3.05, 3.63) is 29.8 Å². The monoisotopic (exact) mass is 192 g/mol. The third kappa shape index (κ3) is 1.87. The average molecular weight is 192 g/mol. The van der Waals surface area contributed by atoms with Crippen LogP contribution in [-0.2, 0) is 9.53 Å². The number of ether oxygens (including phenoxy) is 1. The van der Waals surface area contributed by atoms with Gasteiger partial charge >= 0.3 is 5.97 Å². The smallest absolute Gasteiger partial charge is 0.306 e. The fourth-order valence-corrected chi connectivity index (χ4v) is 1.71. The Morgan fingerprint density at radius 2 is 2.00 bits per heavy atom. The molecule has 1 aromatic carbocycles. The Morgan fingerprint density at radius 3 is 2.64 bits per heavy atom. The van der Waals surface area contributed by atoms with Crippen molar-refractivity contribution < 1.29 is 14.6 Å². The van der Waals surface area contributed by atoms with Crippen molar-refractivity contribution in [1.29, 1.82) is 0 Å². The van der Waals surface area contributed by atoms with E-state index in [1.807, 2.05) is 12.1 Å². The van der Waals surface area contributed by atoms with Gasteiger partial charge in [-0.2, -0.15) is 0 Å². The Kier molecular flexibility index (Phi) is 2.39. The van der Waals surface area contributed by atoms with Crippen LogP contribution < -0.4 is 0 Å². The lowest BCUT2D eigenvalue weighted by atomic mass is 9.91. The molecule has 74 valence electrons. The number of phenolic OH excluding ortho intramolecular Hbond substituents is 1. The van der Waals surface area contributed by atoms with Crippen LogP contribution in [0.1, 0.15) is 24.3 Å². The summed E-state index contributed by atoms with van der Waals surface area (Å²) < 4.78 is 4.86. The molecule has 0 radical (unpaired) electrons. The lowest BCUT2D eigenvalue weighted by molar-refractivity contribution is -0.147. The lowest BCUT2D eigenvalue weighted by Gasteiger charge is -2.21. The highest BCUT2D eigenvalue weighted by Crippen LogP contribution is 2.28. The number of benzene rings is 1. The normalized spacial score (nSPS) is 21.7. The van der Waals surface area contributed by atoms with Crippen molar-refractivity contribution in [3.8, 4) is 5.75 Å². The van der Waals surface area contributed by atoms with Crippen LogP contribution in [0.15, 0.2) is 24.3 Å². The third-order valence-electron chi connectivity index (χ3n) is 2.51. The number of aromatic hydroxyl groups is 1. The van der Waals surface area contributed by atoms with Crippen molar-refractivity contribution in [2.24, 2.45) is 0 Å². The van der Waals surface area contributed by atoms with Crippen LogP contribution in [0.5, 0.6) is 5.75 Å². The number of carbonyl (C=O) groups excluding carboxylic acids is 1. The van der Waals surface area contributed by atoms with Crippen LogP contribution in [0.3, 0.4) is 0 Å². The van der Waals surface area contributed by atoms with Gasteiger partial charge in [0, 0.05) is 0 Å². The Hall–Kier alpha value is -1.51. The number of hydrogen-bond acceptors (Lipinski definition) is 3. The van der Waals surface area contributed by atoms with Crippen LogP contribution in [0.4, 0.5) is 0 Å². The van der Waals surface area contributed by atoms with Gasteiger partial charge in [0.15, 0.2) is 0 Å². The van der Waals surface area contributed by atoms with E-state index in [1.165, 1.54) is 0 Å². The first-order valence-corrected chi connectivity index (χ1v) is 4.70. The average Bonchev–Trinajstić information content (AvgIpc) is 2.19. The van der Waals surface area contributed by atoms with Gasteiger partial charge in [0.25, 0.3) is 0 Å². The molecule has 1 atom stereocenters. The predicted octanol–water partition coefficient (Wildman–Crippen LogP) is 1.81. The quantitative estimate of drug-likeness (QED) is 0.690. The summed E-state index contributed by atoms with van der Waals surface area (Å²) in [5.41, 5.74) is 1.10. The van der Waals surface area contributed by atoms with Gasteiger partial charge in [-0.15, -0.1) is 0 Å². The van der Waals surface area contributed by atoms with Gasteiger partial charge in [-0.3, -0.25) is 4.79 Å². The molecule has 14 heavy (non-hydrogen) atoms. The van der Waals surface area contributed by atoms with Crippen LogP contribution in [0.2, 0.25) is 0 Å². The van der Waals surface area contributed by atoms with E-state index in [9.17, 15) is 4.79 Å². The topological polar surface area (TPSA) is 46.5 Å². The van der Waals surface area contributed by atoms with Crippen LogP contribution in [-0.4, -0.2) is 17.7 Å². The maximum absolute atomic E-state index is 11.0. The molecular weight excluding hydrogens is 180 g/mol. The van der Waals surface area contributed by atoms with Crippen molar-refractivity contribution >= 4 is 5.97 Å². The zero-order valence-electron chi connectivity index (χ0n) is 7.77. The summed E-state index contributed by atoms with van der Waals surface area (Å²) in [4.78, 5) is 11.0. The van der Waals surface area contributed by atoms with Crippen molar-refractivity contribution in [2.45, 2.75) is 18.8 Å². The van der Waals surface area contributed by atoms with E-state index in [2.05, 4.69) is 0 Å². The maximum Gasteiger partial charge on any atom is 0.306 e. The van der Waals surface area contributed by atoms with Gasteiger partial charge in [-0.25, -0.2) is 0 Å². The van der Waals surface area contributed by atoms with E-state index in [4.69, 9.17) is 9.84 Å². The van der Waals surface area contributed by atoms with Gasteiger partial charge in [0.1, 0.15) is 5.75 Å². The molecule has 3 heteroatoms. The third-order valence-corrected chi connectivity index (χ3v) is 2.51. The van der Waals surface area contributed by atoms with E-state index in [-0.39, 0.29) is 17.6 Å². The number of esters is 1. The Bertz CT molecular complexity index is 329. The fourth-order valence-electron chi connectivity index (χ4n) is 1.71. The van der Waals surface area contributed by atoms with E-state index >= 15 is 0 Å². The zero-order valence-corrected chi connectivity index (χ0v) is 7.77. The molecule has 0 aromatic heterocycles. The molecule has 1 heterocycles. The second kappa shape index (κ2) is 3.70. The van der Waals surface area contributed by atoms with Crippen LogP contribution in [0.25, 0.3) is 0 Å². The summed E-state index contributed by atoms with van der Waals surface area (Å²) in [5.74, 6) is 0.373. The summed E-state index contributed by atoms with van der Waals surface area (Å²) in [5, 5.41) is 9.12. The minimum absolute atomic E-state index is 0.130. The SMILES string of the molecule is O=C1CC(c2ccc(O)cc2)CCO1. The van der Waals surface area contributed by atoms with Crippen molar-refractivity contribution in [1.82, 2.24) is 0 Å². The van der Waals surface area contributed by atoms with E-state index in [1.54, 1.807) is 12.1 Å². The second-order valence-electron chi connectivity index (χ2n) is 3.50. The largest absolute Gasteiger partial charge is 0.508 e. The number of phenols is 1. The maximum atomic E-state index is 11.0. The highest BCUT2D eigenvalue weighted by atomic mass is 16.5. The molecule has 0 amide bonds. The minimum atomic E-state index is -0.130. The molecule has 0 bridgehead atoms. The molecule has 2 rings (SSSR count). The highest BCUT2D eigenvalue weighted by molar-refractivity contribution is 5.71. The van der Waals surface area contributed by atoms with Gasteiger partial charge in [-0.1, -0.05) is 12.1 Å². The predicted molar refractivity (Wildman–Crippen MR) is 51.0 cm³/mol. The van der Waals surface area contributed by atoms with E-state index in [0.29, 0.717) is 13.0 Å². The Labute approximate surface area is 82.3 Å².